The minimum Gasteiger partial charge on any atom is -0.341 e. The van der Waals surface area contributed by atoms with Crippen LogP contribution in [0.15, 0.2) is 24.3 Å². The molecule has 2 N–H and O–H groups in total. The molecule has 0 saturated carbocycles. The standard InChI is InChI=1S/C18H24ClN3OS.2ClH/c1-11(2)15(20)9-10-22(4)18(23)16-12(3)21-17(24-16)13-5-7-14(19)8-6-13;;/h5-8,11,15H,9-10,20H2,1-4H3;2*1H. The van der Waals surface area contributed by atoms with Crippen LogP contribution in [0.5, 0.6) is 0 Å². The number of hydrogen-bond donors (Lipinski definition) is 1. The number of nitrogens with zero attached hydrogens (tertiary/aromatic N) is 2. The lowest BCUT2D eigenvalue weighted by Gasteiger charge is -2.21. The van der Waals surface area contributed by atoms with Crippen LogP contribution in [0.2, 0.25) is 5.02 Å². The topological polar surface area (TPSA) is 59.2 Å². The van der Waals surface area contributed by atoms with E-state index in [1.54, 1.807) is 4.90 Å². The second-order valence-corrected chi connectivity index (χ2v) is 7.80. The zero-order valence-corrected chi connectivity index (χ0v) is 18.6. The smallest absolute Gasteiger partial charge is 0.265 e. The summed E-state index contributed by atoms with van der Waals surface area (Å²) < 4.78 is 0. The third-order valence-corrected chi connectivity index (χ3v) is 5.53. The Morgan fingerprint density at radius 2 is 1.85 bits per heavy atom. The molecule has 2 rings (SSSR count). The molecule has 1 atom stereocenters. The lowest BCUT2D eigenvalue weighted by atomic mass is 10.0. The zero-order valence-electron chi connectivity index (χ0n) is 15.4. The Morgan fingerprint density at radius 3 is 2.38 bits per heavy atom. The Balaban J connectivity index is 0.00000312. The highest BCUT2D eigenvalue weighted by Crippen LogP contribution is 2.29. The summed E-state index contributed by atoms with van der Waals surface area (Å²) in [5, 5.41) is 1.52. The summed E-state index contributed by atoms with van der Waals surface area (Å²) in [6.45, 7) is 6.71. The van der Waals surface area contributed by atoms with Crippen LogP contribution in [-0.2, 0) is 0 Å². The number of aryl methyl sites for hydroxylation is 1. The van der Waals surface area contributed by atoms with E-state index in [9.17, 15) is 4.79 Å². The highest BCUT2D eigenvalue weighted by atomic mass is 35.5. The highest BCUT2D eigenvalue weighted by Gasteiger charge is 2.20. The van der Waals surface area contributed by atoms with Gasteiger partial charge >= 0.3 is 0 Å². The summed E-state index contributed by atoms with van der Waals surface area (Å²) in [5.41, 5.74) is 7.80. The predicted molar refractivity (Wildman–Crippen MR) is 116 cm³/mol. The number of carbonyl (C=O) groups excluding carboxylic acids is 1. The lowest BCUT2D eigenvalue weighted by Crippen LogP contribution is -2.34. The Hall–Kier alpha value is -0.850. The normalized spacial score (nSPS) is 11.5. The van der Waals surface area contributed by atoms with Gasteiger partial charge in [0, 0.05) is 30.2 Å². The van der Waals surface area contributed by atoms with Crippen LogP contribution in [-0.4, -0.2) is 35.4 Å². The Labute approximate surface area is 177 Å². The Morgan fingerprint density at radius 1 is 1.27 bits per heavy atom. The number of nitrogens with two attached hydrogens (primary N) is 1. The van der Waals surface area contributed by atoms with Gasteiger partial charge in [0.1, 0.15) is 9.88 Å². The molecule has 1 amide bonds. The number of halogens is 3. The first kappa shape index (κ1) is 25.1. The maximum atomic E-state index is 12.7. The van der Waals surface area contributed by atoms with Crippen LogP contribution in [0.4, 0.5) is 0 Å². The van der Waals surface area contributed by atoms with Crippen LogP contribution in [0.1, 0.15) is 35.6 Å². The molecule has 0 aliphatic heterocycles. The van der Waals surface area contributed by atoms with Gasteiger partial charge < -0.3 is 10.6 Å². The first-order chi connectivity index (χ1) is 11.3. The summed E-state index contributed by atoms with van der Waals surface area (Å²) in [6, 6.07) is 7.59. The van der Waals surface area contributed by atoms with E-state index in [1.807, 2.05) is 38.2 Å². The molecule has 0 radical (unpaired) electrons. The van der Waals surface area contributed by atoms with Gasteiger partial charge in [-0.1, -0.05) is 37.6 Å². The van der Waals surface area contributed by atoms with Crippen molar-refractivity contribution in [1.82, 2.24) is 9.88 Å². The molecule has 146 valence electrons. The predicted octanol–water partition coefficient (Wildman–Crippen LogP) is 5.06. The lowest BCUT2D eigenvalue weighted by molar-refractivity contribution is 0.0793. The number of carbonyl (C=O) groups is 1. The number of hydrogen-bond acceptors (Lipinski definition) is 4. The van der Waals surface area contributed by atoms with E-state index in [2.05, 4.69) is 18.8 Å². The number of benzene rings is 1. The summed E-state index contributed by atoms with van der Waals surface area (Å²) >= 11 is 7.34. The van der Waals surface area contributed by atoms with Gasteiger partial charge in [0.25, 0.3) is 5.91 Å². The van der Waals surface area contributed by atoms with Crippen LogP contribution < -0.4 is 5.73 Å². The highest BCUT2D eigenvalue weighted by molar-refractivity contribution is 7.17. The van der Waals surface area contributed by atoms with Gasteiger partial charge in [-0.25, -0.2) is 4.98 Å². The van der Waals surface area contributed by atoms with Crippen molar-refractivity contribution >= 4 is 53.7 Å². The molecule has 26 heavy (non-hydrogen) atoms. The summed E-state index contributed by atoms with van der Waals surface area (Å²) in [7, 11) is 1.82. The van der Waals surface area contributed by atoms with Gasteiger partial charge in [0.2, 0.25) is 0 Å². The first-order valence-corrected chi connectivity index (χ1v) is 9.23. The molecule has 8 heteroatoms. The van der Waals surface area contributed by atoms with Gasteiger partial charge in [-0.2, -0.15) is 0 Å². The van der Waals surface area contributed by atoms with Crippen molar-refractivity contribution in [3.05, 3.63) is 39.9 Å². The van der Waals surface area contributed by atoms with E-state index in [4.69, 9.17) is 17.3 Å². The molecule has 0 aliphatic rings. The van der Waals surface area contributed by atoms with Gasteiger partial charge in [-0.15, -0.1) is 36.2 Å². The molecule has 1 heterocycles. The summed E-state index contributed by atoms with van der Waals surface area (Å²) in [6.07, 6.45) is 0.793. The molecule has 0 fully saturated rings. The third kappa shape index (κ3) is 6.39. The van der Waals surface area contributed by atoms with E-state index in [1.165, 1.54) is 11.3 Å². The average molecular weight is 439 g/mol. The molecule has 1 unspecified atom stereocenters. The zero-order chi connectivity index (χ0) is 17.9. The van der Waals surface area contributed by atoms with Crippen molar-refractivity contribution in [3.63, 3.8) is 0 Å². The molecule has 0 aliphatic carbocycles. The van der Waals surface area contributed by atoms with Crippen molar-refractivity contribution in [2.75, 3.05) is 13.6 Å². The molecule has 1 aromatic heterocycles. The molecule has 2 aromatic rings. The Bertz CT molecular complexity index is 704. The quantitative estimate of drug-likeness (QED) is 0.685. The fourth-order valence-electron chi connectivity index (χ4n) is 2.26. The van der Waals surface area contributed by atoms with Crippen LogP contribution in [0.3, 0.4) is 0 Å². The van der Waals surface area contributed by atoms with E-state index >= 15 is 0 Å². The third-order valence-electron chi connectivity index (χ3n) is 4.08. The largest absolute Gasteiger partial charge is 0.341 e. The van der Waals surface area contributed by atoms with E-state index < -0.39 is 0 Å². The molecular formula is C18H26Cl3N3OS. The second kappa shape index (κ2) is 11.1. The van der Waals surface area contributed by atoms with Crippen LogP contribution >= 0.6 is 47.8 Å². The van der Waals surface area contributed by atoms with Crippen molar-refractivity contribution < 1.29 is 4.79 Å². The van der Waals surface area contributed by atoms with Crippen LogP contribution in [0, 0.1) is 12.8 Å². The number of rotatable bonds is 6. The molecule has 0 bridgehead atoms. The van der Waals surface area contributed by atoms with E-state index in [-0.39, 0.29) is 36.8 Å². The van der Waals surface area contributed by atoms with E-state index in [0.29, 0.717) is 22.4 Å². The maximum absolute atomic E-state index is 12.7. The van der Waals surface area contributed by atoms with Crippen molar-refractivity contribution in [3.8, 4) is 10.6 Å². The molecule has 1 aromatic carbocycles. The first-order valence-electron chi connectivity index (χ1n) is 8.04. The molecular weight excluding hydrogens is 413 g/mol. The van der Waals surface area contributed by atoms with Gasteiger partial charge in [-0.05, 0) is 31.4 Å². The minimum atomic E-state index is 0. The molecule has 0 saturated heterocycles. The molecule has 4 nitrogen and oxygen atoms in total. The summed E-state index contributed by atoms with van der Waals surface area (Å²) in [4.78, 5) is 19.6. The van der Waals surface area contributed by atoms with Gasteiger partial charge in [0.15, 0.2) is 0 Å². The van der Waals surface area contributed by atoms with Crippen molar-refractivity contribution in [2.45, 2.75) is 33.2 Å². The van der Waals surface area contributed by atoms with Crippen molar-refractivity contribution in [1.29, 1.82) is 0 Å². The number of amides is 1. The number of aromatic nitrogens is 1. The molecule has 0 spiro atoms. The Kier molecular flexibility index (Phi) is 10.7. The van der Waals surface area contributed by atoms with Gasteiger partial charge in [0.05, 0.1) is 5.69 Å². The SMILES string of the molecule is Cc1nc(-c2ccc(Cl)cc2)sc1C(=O)N(C)CCC(N)C(C)C.Cl.Cl. The minimum absolute atomic E-state index is 0. The maximum Gasteiger partial charge on any atom is 0.265 e. The average Bonchev–Trinajstić information content (AvgIpc) is 2.93. The van der Waals surface area contributed by atoms with E-state index in [0.717, 1.165) is 22.7 Å². The number of thiazole rings is 1. The van der Waals surface area contributed by atoms with Gasteiger partial charge in [-0.3, -0.25) is 4.79 Å². The fraction of sp³-hybridized carbons (Fsp3) is 0.444. The van der Waals surface area contributed by atoms with Crippen LogP contribution in [0.25, 0.3) is 10.6 Å². The van der Waals surface area contributed by atoms with Crippen molar-refractivity contribution in [2.24, 2.45) is 11.7 Å². The summed E-state index contributed by atoms with van der Waals surface area (Å²) in [5.74, 6) is 0.413. The second-order valence-electron chi connectivity index (χ2n) is 6.36. The fourth-order valence-corrected chi connectivity index (χ4v) is 3.45. The monoisotopic (exact) mass is 437 g/mol.